The Kier molecular flexibility index (Phi) is 3.19. The molecule has 1 nitrogen and oxygen atoms in total. The average molecular weight is 225 g/mol. The van der Waals surface area contributed by atoms with E-state index in [9.17, 15) is 0 Å². The van der Waals surface area contributed by atoms with Gasteiger partial charge in [0.2, 0.25) is 0 Å². The smallest absolute Gasteiger partial charge is 0.0367 e. The number of anilines is 1. The molecule has 0 atom stereocenters. The van der Waals surface area contributed by atoms with Gasteiger partial charge in [-0.2, -0.15) is 0 Å². The Morgan fingerprint density at radius 2 is 1.41 bits per heavy atom. The van der Waals surface area contributed by atoms with Gasteiger partial charge in [-0.1, -0.05) is 30.3 Å². The van der Waals surface area contributed by atoms with E-state index in [-0.39, 0.29) is 0 Å². The number of aryl methyl sites for hydroxylation is 2. The number of hydrogen-bond acceptors (Lipinski definition) is 1. The van der Waals surface area contributed by atoms with Crippen molar-refractivity contribution >= 4 is 5.69 Å². The first-order chi connectivity index (χ1) is 8.09. The Morgan fingerprint density at radius 1 is 0.765 bits per heavy atom. The minimum Gasteiger partial charge on any atom is -0.378 e. The van der Waals surface area contributed by atoms with Crippen molar-refractivity contribution in [2.24, 2.45) is 0 Å². The van der Waals surface area contributed by atoms with Crippen molar-refractivity contribution in [1.29, 1.82) is 0 Å². The first-order valence-corrected chi connectivity index (χ1v) is 5.93. The molecule has 0 aliphatic carbocycles. The maximum Gasteiger partial charge on any atom is 0.0367 e. The first-order valence-electron chi connectivity index (χ1n) is 5.93. The minimum atomic E-state index is 1.24. The van der Waals surface area contributed by atoms with Crippen molar-refractivity contribution in [1.82, 2.24) is 0 Å². The molecule has 2 aromatic rings. The normalized spacial score (nSPS) is 10.4. The standard InChI is InChI=1S/C16H19N/c1-12-7-5-6-8-15(12)16-11-14(17(3)4)10-9-13(16)2/h5-11H,1-4H3. The molecule has 2 rings (SSSR count). The van der Waals surface area contributed by atoms with Gasteiger partial charge in [0.25, 0.3) is 0 Å². The predicted molar refractivity (Wildman–Crippen MR) is 75.7 cm³/mol. The van der Waals surface area contributed by atoms with Crippen LogP contribution in [-0.4, -0.2) is 14.1 Å². The van der Waals surface area contributed by atoms with Gasteiger partial charge in [-0.15, -0.1) is 0 Å². The number of hydrogen-bond donors (Lipinski definition) is 0. The molecule has 0 bridgehead atoms. The van der Waals surface area contributed by atoms with E-state index in [0.29, 0.717) is 0 Å². The van der Waals surface area contributed by atoms with Crippen molar-refractivity contribution in [3.05, 3.63) is 53.6 Å². The lowest BCUT2D eigenvalue weighted by Gasteiger charge is -2.16. The fourth-order valence-electron chi connectivity index (χ4n) is 2.05. The Balaban J connectivity index is 2.59. The quantitative estimate of drug-likeness (QED) is 0.745. The third-order valence-corrected chi connectivity index (χ3v) is 3.17. The molecule has 0 N–H and O–H groups in total. The molecule has 0 aromatic heterocycles. The monoisotopic (exact) mass is 225 g/mol. The Hall–Kier alpha value is -1.76. The molecule has 0 amide bonds. The highest BCUT2D eigenvalue weighted by molar-refractivity contribution is 5.74. The van der Waals surface area contributed by atoms with Gasteiger partial charge in [0.1, 0.15) is 0 Å². The molecule has 0 aliphatic rings. The van der Waals surface area contributed by atoms with Crippen LogP contribution in [0.15, 0.2) is 42.5 Å². The summed E-state index contributed by atoms with van der Waals surface area (Å²) in [5.41, 5.74) is 6.55. The lowest BCUT2D eigenvalue weighted by atomic mass is 9.96. The lowest BCUT2D eigenvalue weighted by molar-refractivity contribution is 1.13. The van der Waals surface area contributed by atoms with Gasteiger partial charge in [-0.05, 0) is 48.2 Å². The largest absolute Gasteiger partial charge is 0.378 e. The Morgan fingerprint density at radius 3 is 2.06 bits per heavy atom. The van der Waals surface area contributed by atoms with Crippen LogP contribution in [0.1, 0.15) is 11.1 Å². The summed E-state index contributed by atoms with van der Waals surface area (Å²) < 4.78 is 0. The summed E-state index contributed by atoms with van der Waals surface area (Å²) in [5, 5.41) is 0. The average Bonchev–Trinajstić information content (AvgIpc) is 2.30. The fourth-order valence-corrected chi connectivity index (χ4v) is 2.05. The molecule has 0 aliphatic heterocycles. The third-order valence-electron chi connectivity index (χ3n) is 3.17. The van der Waals surface area contributed by atoms with Gasteiger partial charge < -0.3 is 4.90 Å². The van der Waals surface area contributed by atoms with Crippen molar-refractivity contribution < 1.29 is 0 Å². The van der Waals surface area contributed by atoms with Crippen LogP contribution >= 0.6 is 0 Å². The molecular formula is C16H19N. The summed E-state index contributed by atoms with van der Waals surface area (Å²) in [4.78, 5) is 2.14. The summed E-state index contributed by atoms with van der Waals surface area (Å²) >= 11 is 0. The molecule has 0 radical (unpaired) electrons. The summed E-state index contributed by atoms with van der Waals surface area (Å²) in [7, 11) is 4.15. The SMILES string of the molecule is Cc1ccccc1-c1cc(N(C)C)ccc1C. The topological polar surface area (TPSA) is 3.24 Å². The molecule has 2 aromatic carbocycles. The third kappa shape index (κ3) is 2.33. The maximum absolute atomic E-state index is 2.26. The van der Waals surface area contributed by atoms with Gasteiger partial charge in [-0.25, -0.2) is 0 Å². The van der Waals surface area contributed by atoms with E-state index in [1.807, 2.05) is 0 Å². The van der Waals surface area contributed by atoms with Crippen LogP contribution in [0.5, 0.6) is 0 Å². The molecule has 88 valence electrons. The van der Waals surface area contributed by atoms with Crippen LogP contribution in [-0.2, 0) is 0 Å². The zero-order valence-corrected chi connectivity index (χ0v) is 11.0. The summed E-state index contributed by atoms with van der Waals surface area (Å²) in [5.74, 6) is 0. The van der Waals surface area contributed by atoms with Crippen LogP contribution in [0.3, 0.4) is 0 Å². The summed E-state index contributed by atoms with van der Waals surface area (Å²) in [6.45, 7) is 4.33. The van der Waals surface area contributed by atoms with Crippen LogP contribution in [0.25, 0.3) is 11.1 Å². The van der Waals surface area contributed by atoms with Crippen molar-refractivity contribution in [2.45, 2.75) is 13.8 Å². The van der Waals surface area contributed by atoms with Gasteiger partial charge in [0.05, 0.1) is 0 Å². The van der Waals surface area contributed by atoms with E-state index in [2.05, 4.69) is 75.3 Å². The van der Waals surface area contributed by atoms with Gasteiger partial charge >= 0.3 is 0 Å². The van der Waals surface area contributed by atoms with Crippen LogP contribution < -0.4 is 4.90 Å². The maximum atomic E-state index is 2.26. The fraction of sp³-hybridized carbons (Fsp3) is 0.250. The van der Waals surface area contributed by atoms with E-state index in [4.69, 9.17) is 0 Å². The van der Waals surface area contributed by atoms with Crippen molar-refractivity contribution in [3.63, 3.8) is 0 Å². The van der Waals surface area contributed by atoms with Gasteiger partial charge in [0.15, 0.2) is 0 Å². The molecule has 0 spiro atoms. The van der Waals surface area contributed by atoms with Gasteiger partial charge in [-0.3, -0.25) is 0 Å². The van der Waals surface area contributed by atoms with Crippen LogP contribution in [0.2, 0.25) is 0 Å². The molecule has 0 heterocycles. The van der Waals surface area contributed by atoms with Crippen LogP contribution in [0, 0.1) is 13.8 Å². The second kappa shape index (κ2) is 4.62. The molecule has 1 heteroatoms. The highest BCUT2D eigenvalue weighted by Crippen LogP contribution is 2.29. The summed E-state index contributed by atoms with van der Waals surface area (Å²) in [6, 6.07) is 15.2. The van der Waals surface area contributed by atoms with E-state index in [1.165, 1.54) is 27.9 Å². The van der Waals surface area contributed by atoms with E-state index < -0.39 is 0 Å². The van der Waals surface area contributed by atoms with Gasteiger partial charge in [0, 0.05) is 19.8 Å². The summed E-state index contributed by atoms with van der Waals surface area (Å²) in [6.07, 6.45) is 0. The first kappa shape index (κ1) is 11.7. The number of benzene rings is 2. The predicted octanol–water partition coefficient (Wildman–Crippen LogP) is 4.04. The zero-order valence-electron chi connectivity index (χ0n) is 11.0. The molecule has 0 fully saturated rings. The minimum absolute atomic E-state index is 1.24. The molecule has 17 heavy (non-hydrogen) atoms. The van der Waals surface area contributed by atoms with Crippen LogP contribution in [0.4, 0.5) is 5.69 Å². The second-order valence-electron chi connectivity index (χ2n) is 4.71. The molecule has 0 unspecified atom stereocenters. The van der Waals surface area contributed by atoms with Crippen molar-refractivity contribution in [3.8, 4) is 11.1 Å². The Labute approximate surface area is 104 Å². The van der Waals surface area contributed by atoms with Crippen molar-refractivity contribution in [2.75, 3.05) is 19.0 Å². The van der Waals surface area contributed by atoms with E-state index in [0.717, 1.165) is 0 Å². The zero-order chi connectivity index (χ0) is 12.4. The highest BCUT2D eigenvalue weighted by Gasteiger charge is 2.06. The molecule has 0 saturated carbocycles. The molecule has 0 saturated heterocycles. The second-order valence-corrected chi connectivity index (χ2v) is 4.71. The lowest BCUT2D eigenvalue weighted by Crippen LogP contribution is -2.08. The van der Waals surface area contributed by atoms with E-state index in [1.54, 1.807) is 0 Å². The van der Waals surface area contributed by atoms with E-state index >= 15 is 0 Å². The molecular weight excluding hydrogens is 206 g/mol. The number of nitrogens with zero attached hydrogens (tertiary/aromatic N) is 1. The Bertz CT molecular complexity index is 527. The number of rotatable bonds is 2. The highest BCUT2D eigenvalue weighted by atomic mass is 15.1.